The zero-order valence-electron chi connectivity index (χ0n) is 9.25. The van der Waals surface area contributed by atoms with Crippen molar-refractivity contribution in [3.8, 4) is 0 Å². The van der Waals surface area contributed by atoms with Crippen LogP contribution in [0.15, 0.2) is 65.8 Å². The minimum atomic E-state index is 0.434. The maximum atomic E-state index is 5.69. The molecule has 0 saturated heterocycles. The monoisotopic (exact) mass is 213 g/mol. The van der Waals surface area contributed by atoms with Crippen molar-refractivity contribution in [1.82, 2.24) is 4.98 Å². The minimum Gasteiger partial charge on any atom is -0.384 e. The van der Waals surface area contributed by atoms with Gasteiger partial charge in [0.05, 0.1) is 0 Å². The molecule has 1 heterocycles. The molecule has 82 valence electrons. The van der Waals surface area contributed by atoms with Gasteiger partial charge in [-0.15, -0.1) is 0 Å². The van der Waals surface area contributed by atoms with E-state index in [1.807, 2.05) is 49.4 Å². The van der Waals surface area contributed by atoms with Gasteiger partial charge in [0.25, 0.3) is 0 Å². The lowest BCUT2D eigenvalue weighted by Crippen LogP contribution is -2.06. The predicted octanol–water partition coefficient (Wildman–Crippen LogP) is 2.76. The highest BCUT2D eigenvalue weighted by atomic mass is 14.9. The highest BCUT2D eigenvalue weighted by Gasteiger charge is 1.88. The second-order valence-electron chi connectivity index (χ2n) is 2.99. The Labute approximate surface area is 95.7 Å². The summed E-state index contributed by atoms with van der Waals surface area (Å²) in [6, 6.07) is 5.51. The molecule has 1 aromatic rings. The molecule has 0 saturated carbocycles. The maximum Gasteiger partial charge on any atom is 0.154 e. The van der Waals surface area contributed by atoms with Crippen molar-refractivity contribution >= 4 is 11.7 Å². The first-order valence-electron chi connectivity index (χ1n) is 5.04. The van der Waals surface area contributed by atoms with E-state index in [9.17, 15) is 0 Å². The van der Waals surface area contributed by atoms with Gasteiger partial charge in [0.15, 0.2) is 5.82 Å². The lowest BCUT2D eigenvalue weighted by Gasteiger charge is -1.92. The molecule has 3 heteroatoms. The lowest BCUT2D eigenvalue weighted by atomic mass is 10.4. The van der Waals surface area contributed by atoms with Gasteiger partial charge in [-0.1, -0.05) is 36.4 Å². The van der Waals surface area contributed by atoms with E-state index in [0.717, 1.165) is 0 Å². The van der Waals surface area contributed by atoms with E-state index in [4.69, 9.17) is 5.73 Å². The number of hydrogen-bond donors (Lipinski definition) is 1. The van der Waals surface area contributed by atoms with E-state index >= 15 is 0 Å². The van der Waals surface area contributed by atoms with Crippen LogP contribution in [0.1, 0.15) is 6.92 Å². The first-order valence-corrected chi connectivity index (χ1v) is 5.04. The Morgan fingerprint density at radius 3 is 2.75 bits per heavy atom. The maximum absolute atomic E-state index is 5.69. The van der Waals surface area contributed by atoms with Crippen LogP contribution in [0.5, 0.6) is 0 Å². The van der Waals surface area contributed by atoms with Crippen LogP contribution < -0.4 is 5.73 Å². The van der Waals surface area contributed by atoms with E-state index in [1.165, 1.54) is 0 Å². The Morgan fingerprint density at radius 1 is 1.25 bits per heavy atom. The standard InChI is InChI=1S/C13H15N3/c1-2-3-4-5-6-9-12(14)16-13-10-7-8-11-15-13/h2-11H,1H3,(H2,14,15,16)/b3-2-,5-4-,9-6+. The molecule has 0 atom stereocenters. The Morgan fingerprint density at radius 2 is 2.06 bits per heavy atom. The summed E-state index contributed by atoms with van der Waals surface area (Å²) < 4.78 is 0. The predicted molar refractivity (Wildman–Crippen MR) is 68.6 cm³/mol. The first kappa shape index (κ1) is 11.9. The van der Waals surface area contributed by atoms with Gasteiger partial charge in [-0.05, 0) is 25.1 Å². The van der Waals surface area contributed by atoms with Gasteiger partial charge >= 0.3 is 0 Å². The zero-order valence-corrected chi connectivity index (χ0v) is 9.25. The summed E-state index contributed by atoms with van der Waals surface area (Å²) in [5, 5.41) is 0. The molecule has 0 aliphatic rings. The fourth-order valence-corrected chi connectivity index (χ4v) is 0.983. The fraction of sp³-hybridized carbons (Fsp3) is 0.0769. The van der Waals surface area contributed by atoms with Gasteiger partial charge in [-0.3, -0.25) is 0 Å². The largest absolute Gasteiger partial charge is 0.384 e. The molecular weight excluding hydrogens is 198 g/mol. The molecule has 0 radical (unpaired) electrons. The number of aliphatic imine (C=N–C) groups is 1. The molecule has 0 fully saturated rings. The average Bonchev–Trinajstić information content (AvgIpc) is 2.30. The molecule has 0 spiro atoms. The molecule has 0 aliphatic heterocycles. The molecule has 2 N–H and O–H groups in total. The number of pyridine rings is 1. The molecule has 1 rings (SSSR count). The number of nitrogens with zero attached hydrogens (tertiary/aromatic N) is 2. The third-order valence-corrected chi connectivity index (χ3v) is 1.69. The molecule has 16 heavy (non-hydrogen) atoms. The van der Waals surface area contributed by atoms with Gasteiger partial charge in [-0.2, -0.15) is 0 Å². The van der Waals surface area contributed by atoms with Gasteiger partial charge in [-0.25, -0.2) is 9.98 Å². The number of aromatic nitrogens is 1. The fourth-order valence-electron chi connectivity index (χ4n) is 0.983. The van der Waals surface area contributed by atoms with Crippen LogP contribution in [0.2, 0.25) is 0 Å². The topological polar surface area (TPSA) is 51.3 Å². The Bertz CT molecular complexity index is 414. The quantitative estimate of drug-likeness (QED) is 0.475. The van der Waals surface area contributed by atoms with Gasteiger partial charge < -0.3 is 5.73 Å². The van der Waals surface area contributed by atoms with Crippen LogP contribution in [0.3, 0.4) is 0 Å². The Kier molecular flexibility index (Phi) is 5.34. The van der Waals surface area contributed by atoms with Crippen molar-refractivity contribution in [3.63, 3.8) is 0 Å². The summed E-state index contributed by atoms with van der Waals surface area (Å²) in [7, 11) is 0. The summed E-state index contributed by atoms with van der Waals surface area (Å²) in [5.74, 6) is 1.05. The van der Waals surface area contributed by atoms with Crippen molar-refractivity contribution in [2.24, 2.45) is 10.7 Å². The van der Waals surface area contributed by atoms with E-state index in [-0.39, 0.29) is 0 Å². The molecular formula is C13H15N3. The Balaban J connectivity index is 2.58. The number of amidine groups is 1. The number of allylic oxidation sites excluding steroid dienone is 5. The molecule has 0 aromatic carbocycles. The SMILES string of the molecule is C\C=C/C=C\C=C\C(N)=N/c1ccccn1. The normalized spacial score (nSPS) is 13.2. The van der Waals surface area contributed by atoms with Crippen molar-refractivity contribution in [1.29, 1.82) is 0 Å². The highest BCUT2D eigenvalue weighted by molar-refractivity contribution is 5.93. The van der Waals surface area contributed by atoms with Crippen LogP contribution in [0.4, 0.5) is 5.82 Å². The van der Waals surface area contributed by atoms with Crippen molar-refractivity contribution in [2.75, 3.05) is 0 Å². The van der Waals surface area contributed by atoms with E-state index < -0.39 is 0 Å². The van der Waals surface area contributed by atoms with Gasteiger partial charge in [0, 0.05) is 6.20 Å². The molecule has 0 unspecified atom stereocenters. The summed E-state index contributed by atoms with van der Waals surface area (Å²) in [6.45, 7) is 1.96. The van der Waals surface area contributed by atoms with Gasteiger partial charge in [0.2, 0.25) is 0 Å². The third-order valence-electron chi connectivity index (χ3n) is 1.69. The molecule has 3 nitrogen and oxygen atoms in total. The average molecular weight is 213 g/mol. The van der Waals surface area contributed by atoms with E-state index in [1.54, 1.807) is 18.3 Å². The second kappa shape index (κ2) is 7.17. The van der Waals surface area contributed by atoms with Crippen LogP contribution >= 0.6 is 0 Å². The van der Waals surface area contributed by atoms with Crippen LogP contribution in [-0.4, -0.2) is 10.8 Å². The smallest absolute Gasteiger partial charge is 0.154 e. The number of nitrogens with two attached hydrogens (primary N) is 1. The Hall–Kier alpha value is -2.16. The van der Waals surface area contributed by atoms with Gasteiger partial charge in [0.1, 0.15) is 5.84 Å². The zero-order chi connectivity index (χ0) is 11.6. The molecule has 0 amide bonds. The van der Waals surface area contributed by atoms with Crippen LogP contribution in [0, 0.1) is 0 Å². The molecule has 1 aromatic heterocycles. The van der Waals surface area contributed by atoms with Crippen molar-refractivity contribution in [2.45, 2.75) is 6.92 Å². The minimum absolute atomic E-state index is 0.434. The molecule has 0 bridgehead atoms. The second-order valence-corrected chi connectivity index (χ2v) is 2.99. The summed E-state index contributed by atoms with van der Waals surface area (Å²) in [4.78, 5) is 8.17. The number of hydrogen-bond acceptors (Lipinski definition) is 2. The summed E-state index contributed by atoms with van der Waals surface area (Å²) >= 11 is 0. The van der Waals surface area contributed by atoms with E-state index in [0.29, 0.717) is 11.7 Å². The number of rotatable bonds is 4. The summed E-state index contributed by atoms with van der Waals surface area (Å²) in [5.41, 5.74) is 5.69. The van der Waals surface area contributed by atoms with E-state index in [2.05, 4.69) is 9.98 Å². The summed E-state index contributed by atoms with van der Waals surface area (Å²) in [6.07, 6.45) is 13.0. The highest BCUT2D eigenvalue weighted by Crippen LogP contribution is 2.04. The first-order chi connectivity index (χ1) is 7.83. The lowest BCUT2D eigenvalue weighted by molar-refractivity contribution is 1.27. The van der Waals surface area contributed by atoms with Crippen LogP contribution in [-0.2, 0) is 0 Å². The van der Waals surface area contributed by atoms with Crippen LogP contribution in [0.25, 0.3) is 0 Å². The third kappa shape index (κ3) is 4.91. The van der Waals surface area contributed by atoms with Crippen molar-refractivity contribution in [3.05, 3.63) is 60.9 Å². The molecule has 0 aliphatic carbocycles. The van der Waals surface area contributed by atoms with Crippen molar-refractivity contribution < 1.29 is 0 Å².